The van der Waals surface area contributed by atoms with Crippen molar-refractivity contribution < 1.29 is 9.59 Å². The maximum atomic E-state index is 12.1. The van der Waals surface area contributed by atoms with Gasteiger partial charge >= 0.3 is 0 Å². The van der Waals surface area contributed by atoms with Crippen molar-refractivity contribution in [1.29, 1.82) is 0 Å². The standard InChI is InChI=1S/C15H16N4O2/c1-15(2)14(21)18-12(20)8-19(15)13-9-5-3-4-6-11(9)17-7-10(13)16/h3-7H,8,16H2,1-2H3,(H,18,20,21). The molecule has 21 heavy (non-hydrogen) atoms. The van der Waals surface area contributed by atoms with E-state index >= 15 is 0 Å². The monoisotopic (exact) mass is 284 g/mol. The Bertz CT molecular complexity index is 754. The number of hydrogen-bond acceptors (Lipinski definition) is 5. The lowest BCUT2D eigenvalue weighted by molar-refractivity contribution is -0.135. The lowest BCUT2D eigenvalue weighted by Crippen LogP contribution is -2.64. The normalized spacial score (nSPS) is 17.9. The first-order valence-corrected chi connectivity index (χ1v) is 6.66. The van der Waals surface area contributed by atoms with Crippen LogP contribution < -0.4 is 16.0 Å². The minimum absolute atomic E-state index is 0.0803. The Morgan fingerprint density at radius 3 is 2.76 bits per heavy atom. The van der Waals surface area contributed by atoms with Gasteiger partial charge in [-0.05, 0) is 19.9 Å². The Labute approximate surface area is 121 Å². The van der Waals surface area contributed by atoms with Gasteiger partial charge in [0.1, 0.15) is 5.54 Å². The zero-order valence-corrected chi connectivity index (χ0v) is 11.9. The molecule has 108 valence electrons. The molecule has 1 aliphatic rings. The van der Waals surface area contributed by atoms with Gasteiger partial charge in [-0.2, -0.15) is 0 Å². The number of nitrogens with two attached hydrogens (primary N) is 1. The zero-order valence-electron chi connectivity index (χ0n) is 11.9. The van der Waals surface area contributed by atoms with Crippen molar-refractivity contribution in [2.45, 2.75) is 19.4 Å². The van der Waals surface area contributed by atoms with Gasteiger partial charge in [-0.25, -0.2) is 0 Å². The fourth-order valence-electron chi connectivity index (χ4n) is 2.58. The number of amides is 2. The predicted molar refractivity (Wildman–Crippen MR) is 80.7 cm³/mol. The minimum atomic E-state index is -0.869. The van der Waals surface area contributed by atoms with Gasteiger partial charge in [-0.15, -0.1) is 0 Å². The van der Waals surface area contributed by atoms with Crippen molar-refractivity contribution in [3.8, 4) is 0 Å². The number of fused-ring (bicyclic) bond motifs is 1. The molecule has 2 amide bonds. The minimum Gasteiger partial charge on any atom is -0.396 e. The Balaban J connectivity index is 2.25. The number of imide groups is 1. The molecule has 1 fully saturated rings. The second-order valence-electron chi connectivity index (χ2n) is 5.60. The molecular formula is C15H16N4O2. The van der Waals surface area contributed by atoms with Crippen molar-refractivity contribution in [2.24, 2.45) is 0 Å². The van der Waals surface area contributed by atoms with Crippen molar-refractivity contribution in [3.05, 3.63) is 30.5 Å². The summed E-state index contributed by atoms with van der Waals surface area (Å²) in [6.07, 6.45) is 1.56. The number of para-hydroxylation sites is 1. The topological polar surface area (TPSA) is 88.3 Å². The van der Waals surface area contributed by atoms with Gasteiger partial charge in [0.05, 0.1) is 29.6 Å². The van der Waals surface area contributed by atoms with Gasteiger partial charge in [0, 0.05) is 5.39 Å². The van der Waals surface area contributed by atoms with Crippen molar-refractivity contribution in [1.82, 2.24) is 10.3 Å². The molecule has 0 atom stereocenters. The SMILES string of the molecule is CC1(C)C(=O)NC(=O)CN1c1c(N)cnc2ccccc12. The van der Waals surface area contributed by atoms with Crippen molar-refractivity contribution in [3.63, 3.8) is 0 Å². The predicted octanol–water partition coefficient (Wildman–Crippen LogP) is 1.06. The number of carbonyl (C=O) groups excluding carboxylic acids is 2. The van der Waals surface area contributed by atoms with E-state index in [-0.39, 0.29) is 18.4 Å². The van der Waals surface area contributed by atoms with Crippen molar-refractivity contribution >= 4 is 34.1 Å². The van der Waals surface area contributed by atoms with Crippen LogP contribution in [0.3, 0.4) is 0 Å². The Morgan fingerprint density at radius 2 is 2.00 bits per heavy atom. The number of nitrogens with zero attached hydrogens (tertiary/aromatic N) is 2. The van der Waals surface area contributed by atoms with Crippen LogP contribution in [0.15, 0.2) is 30.5 Å². The fraction of sp³-hybridized carbons (Fsp3) is 0.267. The van der Waals surface area contributed by atoms with Crippen LogP contribution in [-0.2, 0) is 9.59 Å². The van der Waals surface area contributed by atoms with E-state index in [0.29, 0.717) is 11.4 Å². The van der Waals surface area contributed by atoms with E-state index < -0.39 is 5.54 Å². The number of nitrogens with one attached hydrogen (secondary N) is 1. The van der Waals surface area contributed by atoms with Crippen LogP contribution in [0.1, 0.15) is 13.8 Å². The summed E-state index contributed by atoms with van der Waals surface area (Å²) in [5.41, 5.74) is 7.11. The Morgan fingerprint density at radius 1 is 1.29 bits per heavy atom. The highest BCUT2D eigenvalue weighted by Crippen LogP contribution is 2.36. The number of aromatic nitrogens is 1. The lowest BCUT2D eigenvalue weighted by atomic mass is 9.96. The summed E-state index contributed by atoms with van der Waals surface area (Å²) >= 11 is 0. The van der Waals surface area contributed by atoms with Crippen LogP contribution in [-0.4, -0.2) is 28.9 Å². The van der Waals surface area contributed by atoms with Gasteiger partial charge < -0.3 is 10.6 Å². The summed E-state index contributed by atoms with van der Waals surface area (Å²) in [5.74, 6) is -0.668. The van der Waals surface area contributed by atoms with Crippen LogP contribution >= 0.6 is 0 Å². The molecule has 0 bridgehead atoms. The van der Waals surface area contributed by atoms with E-state index in [4.69, 9.17) is 5.73 Å². The molecule has 3 rings (SSSR count). The smallest absolute Gasteiger partial charge is 0.251 e. The summed E-state index contributed by atoms with van der Waals surface area (Å²) in [5, 5.41) is 3.19. The second-order valence-corrected chi connectivity index (χ2v) is 5.60. The van der Waals surface area contributed by atoms with Crippen molar-refractivity contribution in [2.75, 3.05) is 17.2 Å². The number of pyridine rings is 1. The molecule has 0 radical (unpaired) electrons. The highest BCUT2D eigenvalue weighted by molar-refractivity contribution is 6.10. The molecule has 1 aliphatic heterocycles. The third-order valence-corrected chi connectivity index (χ3v) is 3.83. The van der Waals surface area contributed by atoms with E-state index in [1.165, 1.54) is 0 Å². The quantitative estimate of drug-likeness (QED) is 0.764. The number of anilines is 2. The highest BCUT2D eigenvalue weighted by Gasteiger charge is 2.42. The van der Waals surface area contributed by atoms with Gasteiger partial charge in [-0.3, -0.25) is 19.9 Å². The summed E-state index contributed by atoms with van der Waals surface area (Å²) in [6.45, 7) is 3.61. The molecule has 1 aromatic carbocycles. The molecule has 0 aliphatic carbocycles. The highest BCUT2D eigenvalue weighted by atomic mass is 16.2. The van der Waals surface area contributed by atoms with Crippen LogP contribution in [0, 0.1) is 0 Å². The first kappa shape index (κ1) is 13.4. The van der Waals surface area contributed by atoms with E-state index in [1.807, 2.05) is 24.3 Å². The summed E-state index contributed by atoms with van der Waals surface area (Å²) in [7, 11) is 0. The average Bonchev–Trinajstić information content (AvgIpc) is 2.44. The lowest BCUT2D eigenvalue weighted by Gasteiger charge is -2.42. The molecule has 6 heteroatoms. The van der Waals surface area contributed by atoms with Gasteiger partial charge in [0.2, 0.25) is 5.91 Å². The van der Waals surface area contributed by atoms with E-state index in [0.717, 1.165) is 10.9 Å². The van der Waals surface area contributed by atoms with Crippen LogP contribution in [0.5, 0.6) is 0 Å². The third kappa shape index (κ3) is 1.99. The molecule has 0 spiro atoms. The first-order valence-electron chi connectivity index (χ1n) is 6.66. The Hall–Kier alpha value is -2.63. The maximum absolute atomic E-state index is 12.1. The Kier molecular flexibility index (Phi) is 2.83. The zero-order chi connectivity index (χ0) is 15.2. The molecule has 1 saturated heterocycles. The van der Waals surface area contributed by atoms with Gasteiger partial charge in [-0.1, -0.05) is 18.2 Å². The van der Waals surface area contributed by atoms with Crippen LogP contribution in [0.2, 0.25) is 0 Å². The maximum Gasteiger partial charge on any atom is 0.251 e. The average molecular weight is 284 g/mol. The number of piperazine rings is 1. The molecule has 6 nitrogen and oxygen atoms in total. The molecule has 0 saturated carbocycles. The first-order chi connectivity index (χ1) is 9.91. The number of benzene rings is 1. The summed E-state index contributed by atoms with van der Waals surface area (Å²) in [4.78, 5) is 29.9. The number of nitrogen functional groups attached to an aromatic ring is 1. The summed E-state index contributed by atoms with van der Waals surface area (Å²) < 4.78 is 0. The number of hydrogen-bond donors (Lipinski definition) is 2. The molecule has 1 aromatic heterocycles. The van der Waals surface area contributed by atoms with Gasteiger partial charge in [0.25, 0.3) is 5.91 Å². The number of carbonyl (C=O) groups is 2. The number of rotatable bonds is 1. The second kappa shape index (κ2) is 4.44. The molecule has 2 aromatic rings. The summed E-state index contributed by atoms with van der Waals surface area (Å²) in [6, 6.07) is 7.53. The molecule has 0 unspecified atom stereocenters. The molecule has 2 heterocycles. The molecular weight excluding hydrogens is 268 g/mol. The van der Waals surface area contributed by atoms with Gasteiger partial charge in [0.15, 0.2) is 0 Å². The fourth-order valence-corrected chi connectivity index (χ4v) is 2.58. The van der Waals surface area contributed by atoms with Crippen LogP contribution in [0.4, 0.5) is 11.4 Å². The largest absolute Gasteiger partial charge is 0.396 e. The van der Waals surface area contributed by atoms with Crippen LogP contribution in [0.25, 0.3) is 10.9 Å². The van der Waals surface area contributed by atoms with E-state index in [9.17, 15) is 9.59 Å². The van der Waals surface area contributed by atoms with E-state index in [1.54, 1.807) is 24.9 Å². The molecule has 3 N–H and O–H groups in total. The van der Waals surface area contributed by atoms with E-state index in [2.05, 4.69) is 10.3 Å². The third-order valence-electron chi connectivity index (χ3n) is 3.83.